The van der Waals surface area contributed by atoms with Gasteiger partial charge in [0, 0.05) is 12.8 Å². The maximum absolute atomic E-state index is 12.0. The number of Topliss-reactive ketones (excluding diaryl/α,β-unsaturated/α-hetero) is 1. The third kappa shape index (κ3) is 0.880. The van der Waals surface area contributed by atoms with Crippen molar-refractivity contribution in [2.75, 3.05) is 0 Å². The molecule has 0 saturated heterocycles. The van der Waals surface area contributed by atoms with Crippen molar-refractivity contribution >= 4 is 5.78 Å². The topological polar surface area (TPSA) is 17.1 Å². The van der Waals surface area contributed by atoms with Crippen LogP contribution in [0.5, 0.6) is 0 Å². The highest BCUT2D eigenvalue weighted by molar-refractivity contribution is 5.87. The Kier molecular flexibility index (Phi) is 1.05. The molecule has 1 nitrogen and oxygen atoms in total. The molecular weight excluding hydrogens is 157 g/mol. The molecule has 1 atom stereocenters. The summed E-state index contributed by atoms with van der Waals surface area (Å²) >= 11 is 0. The van der Waals surface area contributed by atoms with E-state index in [1.54, 1.807) is 0 Å². The van der Waals surface area contributed by atoms with E-state index in [4.69, 9.17) is 0 Å². The molecule has 2 aliphatic rings. The molecule has 62 valence electrons. The quantitative estimate of drug-likeness (QED) is 0.534. The van der Waals surface area contributed by atoms with E-state index in [2.05, 4.69) is 0 Å². The van der Waals surface area contributed by atoms with E-state index >= 15 is 0 Å². The lowest BCUT2D eigenvalue weighted by molar-refractivity contribution is -0.162. The average Bonchev–Trinajstić information content (AvgIpc) is 2.37. The van der Waals surface area contributed by atoms with Crippen molar-refractivity contribution in [2.45, 2.75) is 25.4 Å². The Bertz CT molecular complexity index is 210. The van der Waals surface area contributed by atoms with Gasteiger partial charge >= 0.3 is 6.18 Å². The molecule has 2 aliphatic carbocycles. The van der Waals surface area contributed by atoms with E-state index in [1.165, 1.54) is 0 Å². The standard InChI is InChI=1S/C7H7F3O/c8-7(9,10)5-3-6(5)1-4(11)2-6/h5H,1-3H2. The van der Waals surface area contributed by atoms with E-state index in [9.17, 15) is 18.0 Å². The van der Waals surface area contributed by atoms with Gasteiger partial charge in [0.2, 0.25) is 0 Å². The first-order valence-corrected chi connectivity index (χ1v) is 3.52. The molecule has 2 saturated carbocycles. The molecule has 0 aliphatic heterocycles. The lowest BCUT2D eigenvalue weighted by atomic mass is 9.78. The molecule has 2 rings (SSSR count). The van der Waals surface area contributed by atoms with Crippen LogP contribution in [0.15, 0.2) is 0 Å². The molecule has 4 heteroatoms. The Hall–Kier alpha value is -0.540. The zero-order chi connectivity index (χ0) is 8.28. The van der Waals surface area contributed by atoms with Crippen molar-refractivity contribution in [1.82, 2.24) is 0 Å². The summed E-state index contributed by atoms with van der Waals surface area (Å²) in [7, 11) is 0. The fourth-order valence-corrected chi connectivity index (χ4v) is 1.93. The number of hydrogen-bond acceptors (Lipinski definition) is 1. The summed E-state index contributed by atoms with van der Waals surface area (Å²) in [6.07, 6.45) is -3.56. The van der Waals surface area contributed by atoms with Gasteiger partial charge in [0.05, 0.1) is 5.92 Å². The maximum atomic E-state index is 12.0. The average molecular weight is 164 g/mol. The minimum absolute atomic E-state index is 0.0169. The number of carbonyl (C=O) groups excluding carboxylic acids is 1. The van der Waals surface area contributed by atoms with Crippen molar-refractivity contribution in [3.8, 4) is 0 Å². The molecule has 0 aromatic carbocycles. The van der Waals surface area contributed by atoms with Gasteiger partial charge in [-0.25, -0.2) is 0 Å². The molecule has 0 amide bonds. The van der Waals surface area contributed by atoms with Gasteiger partial charge < -0.3 is 0 Å². The van der Waals surface area contributed by atoms with Crippen molar-refractivity contribution < 1.29 is 18.0 Å². The van der Waals surface area contributed by atoms with Gasteiger partial charge in [-0.2, -0.15) is 13.2 Å². The number of halogens is 3. The first-order chi connectivity index (χ1) is 4.94. The molecule has 0 heterocycles. The lowest BCUT2D eigenvalue weighted by Crippen LogP contribution is -2.30. The highest BCUT2D eigenvalue weighted by Gasteiger charge is 2.71. The SMILES string of the molecule is O=C1CC2(C1)CC2C(F)(F)F. The van der Waals surface area contributed by atoms with Crippen LogP contribution in [-0.4, -0.2) is 12.0 Å². The number of alkyl halides is 3. The van der Waals surface area contributed by atoms with Crippen LogP contribution < -0.4 is 0 Å². The monoisotopic (exact) mass is 164 g/mol. The van der Waals surface area contributed by atoms with Crippen molar-refractivity contribution in [1.29, 1.82) is 0 Å². The zero-order valence-corrected chi connectivity index (χ0v) is 5.74. The van der Waals surface area contributed by atoms with E-state index < -0.39 is 17.5 Å². The van der Waals surface area contributed by atoms with Gasteiger partial charge in [0.25, 0.3) is 0 Å². The number of ketones is 1. The zero-order valence-electron chi connectivity index (χ0n) is 5.74. The summed E-state index contributed by atoms with van der Waals surface area (Å²) in [6.45, 7) is 0. The first-order valence-electron chi connectivity index (χ1n) is 3.52. The van der Waals surface area contributed by atoms with Crippen LogP contribution in [0.4, 0.5) is 13.2 Å². The summed E-state index contributed by atoms with van der Waals surface area (Å²) in [5.74, 6) is -1.19. The van der Waals surface area contributed by atoms with Crippen LogP contribution in [0.1, 0.15) is 19.3 Å². The van der Waals surface area contributed by atoms with E-state index in [0.29, 0.717) is 0 Å². The van der Waals surface area contributed by atoms with Gasteiger partial charge in [-0.15, -0.1) is 0 Å². The number of carbonyl (C=O) groups is 1. The normalized spacial score (nSPS) is 33.7. The molecule has 0 bridgehead atoms. The molecule has 2 fully saturated rings. The van der Waals surface area contributed by atoms with Crippen LogP contribution in [0.3, 0.4) is 0 Å². The van der Waals surface area contributed by atoms with Gasteiger partial charge in [-0.05, 0) is 11.8 Å². The molecule has 1 unspecified atom stereocenters. The Morgan fingerprint density at radius 2 is 1.91 bits per heavy atom. The molecular formula is C7H7F3O. The van der Waals surface area contributed by atoms with Crippen molar-refractivity contribution in [3.05, 3.63) is 0 Å². The third-order valence-electron chi connectivity index (χ3n) is 2.68. The minimum atomic E-state index is -4.07. The molecule has 0 N–H and O–H groups in total. The summed E-state index contributed by atoms with van der Waals surface area (Å²) < 4.78 is 35.9. The fraction of sp³-hybridized carbons (Fsp3) is 0.857. The second-order valence-corrected chi connectivity index (χ2v) is 3.55. The molecule has 0 aromatic heterocycles. The first kappa shape index (κ1) is 7.13. The number of rotatable bonds is 0. The second kappa shape index (κ2) is 1.62. The van der Waals surface area contributed by atoms with Gasteiger partial charge in [-0.3, -0.25) is 4.79 Å². The largest absolute Gasteiger partial charge is 0.392 e. The van der Waals surface area contributed by atoms with Gasteiger partial charge in [0.15, 0.2) is 0 Å². The van der Waals surface area contributed by atoms with Crippen LogP contribution in [0.25, 0.3) is 0 Å². The van der Waals surface area contributed by atoms with Gasteiger partial charge in [0.1, 0.15) is 5.78 Å². The minimum Gasteiger partial charge on any atom is -0.300 e. The van der Waals surface area contributed by atoms with Gasteiger partial charge in [-0.1, -0.05) is 0 Å². The summed E-state index contributed by atoms with van der Waals surface area (Å²) in [6, 6.07) is 0. The van der Waals surface area contributed by atoms with Crippen LogP contribution in [-0.2, 0) is 4.79 Å². The predicted molar refractivity (Wildman–Crippen MR) is 30.8 cm³/mol. The highest BCUT2D eigenvalue weighted by atomic mass is 19.4. The highest BCUT2D eigenvalue weighted by Crippen LogP contribution is 2.68. The lowest BCUT2D eigenvalue weighted by Gasteiger charge is -2.25. The van der Waals surface area contributed by atoms with Crippen LogP contribution >= 0.6 is 0 Å². The molecule has 1 spiro atoms. The molecule has 11 heavy (non-hydrogen) atoms. The van der Waals surface area contributed by atoms with E-state index in [-0.39, 0.29) is 25.0 Å². The maximum Gasteiger partial charge on any atom is 0.392 e. The van der Waals surface area contributed by atoms with E-state index in [1.807, 2.05) is 0 Å². The Balaban J connectivity index is 2.01. The Morgan fingerprint density at radius 3 is 2.18 bits per heavy atom. The Labute approximate surface area is 61.6 Å². The second-order valence-electron chi connectivity index (χ2n) is 3.55. The molecule has 0 aromatic rings. The fourth-order valence-electron chi connectivity index (χ4n) is 1.93. The third-order valence-corrected chi connectivity index (χ3v) is 2.68. The van der Waals surface area contributed by atoms with Crippen molar-refractivity contribution in [2.24, 2.45) is 11.3 Å². The molecule has 0 radical (unpaired) electrons. The van der Waals surface area contributed by atoms with Crippen LogP contribution in [0, 0.1) is 11.3 Å². The predicted octanol–water partition coefficient (Wildman–Crippen LogP) is 1.92. The van der Waals surface area contributed by atoms with Crippen molar-refractivity contribution in [3.63, 3.8) is 0 Å². The summed E-state index contributed by atoms with van der Waals surface area (Å²) in [5.41, 5.74) is -0.630. The summed E-state index contributed by atoms with van der Waals surface area (Å²) in [5, 5.41) is 0. The number of hydrogen-bond donors (Lipinski definition) is 0. The van der Waals surface area contributed by atoms with E-state index in [0.717, 1.165) is 0 Å². The smallest absolute Gasteiger partial charge is 0.300 e. The summed E-state index contributed by atoms with van der Waals surface area (Å²) in [4.78, 5) is 10.5. The Morgan fingerprint density at radius 1 is 1.36 bits per heavy atom. The van der Waals surface area contributed by atoms with Crippen LogP contribution in [0.2, 0.25) is 0 Å².